The van der Waals surface area contributed by atoms with E-state index in [2.05, 4.69) is 10.6 Å². The summed E-state index contributed by atoms with van der Waals surface area (Å²) >= 11 is 0. The molecule has 0 bridgehead atoms. The van der Waals surface area contributed by atoms with Gasteiger partial charge in [-0.3, -0.25) is 9.59 Å². The Morgan fingerprint density at radius 1 is 0.912 bits per heavy atom. The first-order valence-electron chi connectivity index (χ1n) is 10.4. The Kier molecular flexibility index (Phi) is 7.80. The number of carbonyl (C=O) groups is 3. The van der Waals surface area contributed by atoms with Gasteiger partial charge in [-0.1, -0.05) is 48.5 Å². The van der Waals surface area contributed by atoms with Gasteiger partial charge in [-0.25, -0.2) is 13.2 Å². The molecule has 176 valence electrons. The van der Waals surface area contributed by atoms with E-state index in [1.807, 2.05) is 37.3 Å². The van der Waals surface area contributed by atoms with Crippen molar-refractivity contribution < 1.29 is 27.5 Å². The predicted octanol–water partition coefficient (Wildman–Crippen LogP) is 3.38. The highest BCUT2D eigenvalue weighted by molar-refractivity contribution is 7.90. The number of carbonyl (C=O) groups excluding carboxylic acids is 3. The van der Waals surface area contributed by atoms with E-state index in [0.717, 1.165) is 11.8 Å². The van der Waals surface area contributed by atoms with E-state index in [9.17, 15) is 22.8 Å². The van der Waals surface area contributed by atoms with Crippen molar-refractivity contribution in [1.82, 2.24) is 5.32 Å². The molecule has 1 atom stereocenters. The molecule has 3 aromatic rings. The van der Waals surface area contributed by atoms with Crippen LogP contribution in [0.1, 0.15) is 39.2 Å². The molecule has 3 rings (SSSR count). The summed E-state index contributed by atoms with van der Waals surface area (Å²) in [5.74, 6) is -1.87. The summed E-state index contributed by atoms with van der Waals surface area (Å²) in [4.78, 5) is 37.4. The number of ether oxygens (including phenoxy) is 1. The number of esters is 1. The topological polar surface area (TPSA) is 119 Å². The van der Waals surface area contributed by atoms with Crippen molar-refractivity contribution in [3.63, 3.8) is 0 Å². The van der Waals surface area contributed by atoms with Crippen molar-refractivity contribution in [3.8, 4) is 0 Å². The number of amides is 2. The SMILES string of the molecule is C[C@@H](NC(=O)c1ccccc1NC(=O)COC(=O)c1cccc(S(C)(=O)=O)c1)c1ccccc1. The lowest BCUT2D eigenvalue weighted by atomic mass is 10.1. The first-order valence-corrected chi connectivity index (χ1v) is 12.3. The van der Waals surface area contributed by atoms with E-state index in [1.165, 1.54) is 24.3 Å². The molecule has 0 unspecified atom stereocenters. The van der Waals surface area contributed by atoms with Crippen LogP contribution in [0.25, 0.3) is 0 Å². The number of para-hydroxylation sites is 1. The molecule has 9 heteroatoms. The highest BCUT2D eigenvalue weighted by atomic mass is 32.2. The smallest absolute Gasteiger partial charge is 0.338 e. The van der Waals surface area contributed by atoms with E-state index in [1.54, 1.807) is 24.3 Å². The lowest BCUT2D eigenvalue weighted by Gasteiger charge is -2.16. The maximum Gasteiger partial charge on any atom is 0.338 e. The summed E-state index contributed by atoms with van der Waals surface area (Å²) in [5, 5.41) is 5.46. The highest BCUT2D eigenvalue weighted by Crippen LogP contribution is 2.18. The van der Waals surface area contributed by atoms with E-state index >= 15 is 0 Å². The van der Waals surface area contributed by atoms with Crippen LogP contribution in [-0.4, -0.2) is 39.1 Å². The first-order chi connectivity index (χ1) is 16.1. The summed E-state index contributed by atoms with van der Waals surface area (Å²) in [6.07, 6.45) is 1.03. The number of hydrogen-bond donors (Lipinski definition) is 2. The van der Waals surface area contributed by atoms with Gasteiger partial charge in [0.25, 0.3) is 11.8 Å². The van der Waals surface area contributed by atoms with Crippen molar-refractivity contribution in [3.05, 3.63) is 95.6 Å². The van der Waals surface area contributed by atoms with Crippen molar-refractivity contribution in [1.29, 1.82) is 0 Å². The maximum atomic E-state index is 12.8. The summed E-state index contributed by atoms with van der Waals surface area (Å²) < 4.78 is 28.3. The quantitative estimate of drug-likeness (QED) is 0.477. The van der Waals surface area contributed by atoms with Crippen molar-refractivity contribution in [2.75, 3.05) is 18.2 Å². The molecule has 0 spiro atoms. The van der Waals surface area contributed by atoms with Gasteiger partial charge in [-0.15, -0.1) is 0 Å². The normalized spacial score (nSPS) is 11.8. The summed E-state index contributed by atoms with van der Waals surface area (Å²) in [6.45, 7) is 1.24. The van der Waals surface area contributed by atoms with Crippen molar-refractivity contribution in [2.45, 2.75) is 17.9 Å². The molecule has 2 N–H and O–H groups in total. The molecular formula is C25H24N2O6S. The standard InChI is InChI=1S/C25H24N2O6S/c1-17(18-9-4-3-5-10-18)26-24(29)21-13-6-7-14-22(21)27-23(28)16-33-25(30)19-11-8-12-20(15-19)34(2,31)32/h3-15,17H,16H2,1-2H3,(H,26,29)(H,27,28)/t17-/m1/s1. The first kappa shape index (κ1) is 24.7. The molecule has 3 aromatic carbocycles. The molecule has 0 heterocycles. The van der Waals surface area contributed by atoms with Crippen LogP contribution in [0.4, 0.5) is 5.69 Å². The monoisotopic (exact) mass is 480 g/mol. The second-order valence-electron chi connectivity index (χ2n) is 7.58. The number of benzene rings is 3. The van der Waals surface area contributed by atoms with Crippen LogP contribution in [0.15, 0.2) is 83.8 Å². The molecule has 0 aliphatic carbocycles. The van der Waals surface area contributed by atoms with Crippen molar-refractivity contribution in [2.24, 2.45) is 0 Å². The van der Waals surface area contributed by atoms with Gasteiger partial charge in [0, 0.05) is 6.26 Å². The van der Waals surface area contributed by atoms with Crippen LogP contribution in [0.2, 0.25) is 0 Å². The minimum absolute atomic E-state index is 0.00500. The Hall–Kier alpha value is -3.98. The molecule has 0 aliphatic heterocycles. The molecule has 34 heavy (non-hydrogen) atoms. The Morgan fingerprint density at radius 3 is 2.29 bits per heavy atom. The van der Waals surface area contributed by atoms with Crippen LogP contribution < -0.4 is 10.6 Å². The number of sulfone groups is 1. The van der Waals surface area contributed by atoms with Crippen LogP contribution in [0.3, 0.4) is 0 Å². The molecule has 0 radical (unpaired) electrons. The molecule has 8 nitrogen and oxygen atoms in total. The zero-order chi connectivity index (χ0) is 24.7. The summed E-state index contributed by atoms with van der Waals surface area (Å²) in [7, 11) is -3.50. The molecular weight excluding hydrogens is 456 g/mol. The van der Waals surface area contributed by atoms with Gasteiger partial charge >= 0.3 is 5.97 Å². The van der Waals surface area contributed by atoms with Gasteiger partial charge < -0.3 is 15.4 Å². The van der Waals surface area contributed by atoms with Gasteiger partial charge in [0.2, 0.25) is 0 Å². The van der Waals surface area contributed by atoms with Crippen molar-refractivity contribution >= 4 is 33.3 Å². The zero-order valence-electron chi connectivity index (χ0n) is 18.6. The van der Waals surface area contributed by atoms with Gasteiger partial charge in [-0.05, 0) is 42.8 Å². The second-order valence-corrected chi connectivity index (χ2v) is 9.59. The average Bonchev–Trinajstić information content (AvgIpc) is 2.83. The molecule has 0 aliphatic rings. The van der Waals surface area contributed by atoms with Crippen LogP contribution in [0, 0.1) is 0 Å². The number of hydrogen-bond acceptors (Lipinski definition) is 6. The Labute approximate surface area is 197 Å². The maximum absolute atomic E-state index is 12.8. The fourth-order valence-corrected chi connectivity index (χ4v) is 3.81. The summed E-state index contributed by atoms with van der Waals surface area (Å²) in [5.41, 5.74) is 1.46. The molecule has 0 aromatic heterocycles. The number of nitrogens with one attached hydrogen (secondary N) is 2. The predicted molar refractivity (Wildman–Crippen MR) is 127 cm³/mol. The van der Waals surface area contributed by atoms with Crippen LogP contribution in [0.5, 0.6) is 0 Å². The molecule has 0 saturated carbocycles. The number of rotatable bonds is 8. The number of anilines is 1. The van der Waals surface area contributed by atoms with Crippen LogP contribution in [-0.2, 0) is 19.4 Å². The lowest BCUT2D eigenvalue weighted by Crippen LogP contribution is -2.28. The summed E-state index contributed by atoms with van der Waals surface area (Å²) in [6, 6.07) is 21.0. The minimum Gasteiger partial charge on any atom is -0.452 e. The molecule has 0 saturated heterocycles. The fraction of sp³-hybridized carbons (Fsp3) is 0.160. The lowest BCUT2D eigenvalue weighted by molar-refractivity contribution is -0.119. The van der Waals surface area contributed by atoms with E-state index in [-0.39, 0.29) is 33.7 Å². The third-order valence-corrected chi connectivity index (χ3v) is 6.04. The third-order valence-electron chi connectivity index (χ3n) is 4.93. The van der Waals surface area contributed by atoms with E-state index in [4.69, 9.17) is 4.74 Å². The fourth-order valence-electron chi connectivity index (χ4n) is 3.14. The molecule has 0 fully saturated rings. The Bertz CT molecular complexity index is 1310. The Balaban J connectivity index is 1.62. The van der Waals surface area contributed by atoms with E-state index in [0.29, 0.717) is 0 Å². The third kappa shape index (κ3) is 6.52. The van der Waals surface area contributed by atoms with Gasteiger partial charge in [-0.2, -0.15) is 0 Å². The van der Waals surface area contributed by atoms with Gasteiger partial charge in [0.15, 0.2) is 16.4 Å². The van der Waals surface area contributed by atoms with Crippen LogP contribution >= 0.6 is 0 Å². The molecule has 2 amide bonds. The minimum atomic E-state index is -3.50. The zero-order valence-corrected chi connectivity index (χ0v) is 19.5. The largest absolute Gasteiger partial charge is 0.452 e. The van der Waals surface area contributed by atoms with E-state index < -0.39 is 28.3 Å². The van der Waals surface area contributed by atoms with Gasteiger partial charge in [0.05, 0.1) is 27.8 Å². The van der Waals surface area contributed by atoms with Gasteiger partial charge in [0.1, 0.15) is 0 Å². The highest BCUT2D eigenvalue weighted by Gasteiger charge is 2.18. The average molecular weight is 481 g/mol. The Morgan fingerprint density at radius 2 is 1.59 bits per heavy atom. The second kappa shape index (κ2) is 10.8.